The molecule has 0 N–H and O–H groups in total. The molecule has 1 aromatic heterocycles. The quantitative estimate of drug-likeness (QED) is 0.833. The molecule has 0 saturated heterocycles. The van der Waals surface area contributed by atoms with Crippen LogP contribution in [0, 0.1) is 13.8 Å². The molecule has 0 radical (unpaired) electrons. The van der Waals surface area contributed by atoms with Gasteiger partial charge in [0.1, 0.15) is 18.2 Å². The zero-order valence-electron chi connectivity index (χ0n) is 9.98. The third-order valence-electron chi connectivity index (χ3n) is 2.65. The smallest absolute Gasteiger partial charge is 0.119 e. The molecule has 0 aliphatic carbocycles. The van der Waals surface area contributed by atoms with Crippen molar-refractivity contribution in [3.63, 3.8) is 0 Å². The molecule has 2 aromatic rings. The summed E-state index contributed by atoms with van der Waals surface area (Å²) in [7, 11) is 0. The molecule has 1 heterocycles. The predicted molar refractivity (Wildman–Crippen MR) is 68.6 cm³/mol. The Hall–Kier alpha value is -1.48. The van der Waals surface area contributed by atoms with Crippen molar-refractivity contribution in [3.05, 3.63) is 47.0 Å². The highest BCUT2D eigenvalue weighted by Crippen LogP contribution is 2.20. The second-order valence-corrected chi connectivity index (χ2v) is 4.33. The van der Waals surface area contributed by atoms with E-state index in [2.05, 4.69) is 9.55 Å². The van der Waals surface area contributed by atoms with Gasteiger partial charge in [-0.1, -0.05) is 11.6 Å². The monoisotopic (exact) mass is 250 g/mol. The Kier molecular flexibility index (Phi) is 3.69. The molecule has 0 fully saturated rings. The van der Waals surface area contributed by atoms with Crippen molar-refractivity contribution in [2.75, 3.05) is 6.61 Å². The van der Waals surface area contributed by atoms with E-state index in [0.717, 1.165) is 28.7 Å². The first-order valence-corrected chi connectivity index (χ1v) is 5.91. The third-order valence-corrected chi connectivity index (χ3v) is 3.08. The predicted octanol–water partition coefficient (Wildman–Crippen LogP) is 3.23. The molecular weight excluding hydrogens is 236 g/mol. The second-order valence-electron chi connectivity index (χ2n) is 3.93. The lowest BCUT2D eigenvalue weighted by Gasteiger charge is -2.09. The first-order valence-electron chi connectivity index (χ1n) is 5.53. The molecule has 1 aromatic carbocycles. The van der Waals surface area contributed by atoms with Gasteiger partial charge >= 0.3 is 0 Å². The maximum atomic E-state index is 5.95. The molecule has 0 atom stereocenters. The summed E-state index contributed by atoms with van der Waals surface area (Å²) in [5.41, 5.74) is 1.03. The summed E-state index contributed by atoms with van der Waals surface area (Å²) in [6.07, 6.45) is 3.74. The van der Waals surface area contributed by atoms with E-state index in [1.807, 2.05) is 38.2 Å². The first-order chi connectivity index (χ1) is 8.16. The number of hydrogen-bond acceptors (Lipinski definition) is 2. The Morgan fingerprint density at radius 3 is 2.82 bits per heavy atom. The average molecular weight is 251 g/mol. The van der Waals surface area contributed by atoms with Gasteiger partial charge in [-0.15, -0.1) is 0 Å². The zero-order valence-corrected chi connectivity index (χ0v) is 10.7. The van der Waals surface area contributed by atoms with Crippen LogP contribution >= 0.6 is 11.6 Å². The normalized spacial score (nSPS) is 10.5. The fourth-order valence-corrected chi connectivity index (χ4v) is 1.73. The summed E-state index contributed by atoms with van der Waals surface area (Å²) in [5, 5.41) is 0.766. The van der Waals surface area contributed by atoms with Crippen LogP contribution in [0.1, 0.15) is 11.4 Å². The molecule has 0 aliphatic rings. The lowest BCUT2D eigenvalue weighted by Crippen LogP contribution is -2.08. The van der Waals surface area contributed by atoms with E-state index < -0.39 is 0 Å². The van der Waals surface area contributed by atoms with Crippen molar-refractivity contribution in [1.29, 1.82) is 0 Å². The number of rotatable bonds is 4. The van der Waals surface area contributed by atoms with Gasteiger partial charge in [0.2, 0.25) is 0 Å². The van der Waals surface area contributed by atoms with Crippen LogP contribution < -0.4 is 4.74 Å². The highest BCUT2D eigenvalue weighted by molar-refractivity contribution is 6.31. The topological polar surface area (TPSA) is 27.1 Å². The number of halogens is 1. The van der Waals surface area contributed by atoms with Gasteiger partial charge < -0.3 is 9.30 Å². The van der Waals surface area contributed by atoms with Gasteiger partial charge in [0.15, 0.2) is 0 Å². The second kappa shape index (κ2) is 5.23. The van der Waals surface area contributed by atoms with Crippen LogP contribution in [-0.2, 0) is 6.54 Å². The Balaban J connectivity index is 1.90. The molecule has 4 heteroatoms. The van der Waals surface area contributed by atoms with Crippen molar-refractivity contribution < 1.29 is 4.74 Å². The van der Waals surface area contributed by atoms with E-state index in [-0.39, 0.29) is 0 Å². The summed E-state index contributed by atoms with van der Waals surface area (Å²) in [5.74, 6) is 1.85. The largest absolute Gasteiger partial charge is 0.492 e. The zero-order chi connectivity index (χ0) is 12.3. The van der Waals surface area contributed by atoms with Gasteiger partial charge in [0, 0.05) is 17.4 Å². The molecule has 0 spiro atoms. The van der Waals surface area contributed by atoms with Crippen molar-refractivity contribution in [2.45, 2.75) is 20.4 Å². The summed E-state index contributed by atoms with van der Waals surface area (Å²) in [6, 6.07) is 5.69. The maximum Gasteiger partial charge on any atom is 0.119 e. The van der Waals surface area contributed by atoms with Crippen LogP contribution in [0.2, 0.25) is 5.02 Å². The SMILES string of the molecule is Cc1cc(OCCn2ccnc2C)ccc1Cl. The van der Waals surface area contributed by atoms with Gasteiger partial charge in [-0.05, 0) is 37.6 Å². The van der Waals surface area contributed by atoms with Crippen molar-refractivity contribution in [3.8, 4) is 5.75 Å². The lowest BCUT2D eigenvalue weighted by molar-refractivity contribution is 0.297. The third kappa shape index (κ3) is 3.01. The number of benzene rings is 1. The van der Waals surface area contributed by atoms with Crippen molar-refractivity contribution >= 4 is 11.6 Å². The van der Waals surface area contributed by atoms with E-state index >= 15 is 0 Å². The fourth-order valence-electron chi connectivity index (χ4n) is 1.61. The molecule has 0 amide bonds. The van der Waals surface area contributed by atoms with E-state index in [1.54, 1.807) is 6.20 Å². The molecular formula is C13H15ClN2O. The summed E-state index contributed by atoms with van der Waals surface area (Å²) >= 11 is 5.95. The van der Waals surface area contributed by atoms with Gasteiger partial charge in [0.25, 0.3) is 0 Å². The van der Waals surface area contributed by atoms with Gasteiger partial charge in [0.05, 0.1) is 6.54 Å². The Morgan fingerprint density at radius 2 is 2.18 bits per heavy atom. The summed E-state index contributed by atoms with van der Waals surface area (Å²) in [6.45, 7) is 5.37. The number of hydrogen-bond donors (Lipinski definition) is 0. The van der Waals surface area contributed by atoms with Gasteiger partial charge in [-0.3, -0.25) is 0 Å². The van der Waals surface area contributed by atoms with E-state index in [9.17, 15) is 0 Å². The standard InChI is InChI=1S/C13H15ClN2O/c1-10-9-12(3-4-13(10)14)17-8-7-16-6-5-15-11(16)2/h3-6,9H,7-8H2,1-2H3. The maximum absolute atomic E-state index is 5.95. The summed E-state index contributed by atoms with van der Waals surface area (Å²) in [4.78, 5) is 4.16. The van der Waals surface area contributed by atoms with Crippen LogP contribution in [-0.4, -0.2) is 16.2 Å². The molecule has 0 unspecified atom stereocenters. The van der Waals surface area contributed by atoms with Crippen LogP contribution in [0.5, 0.6) is 5.75 Å². The highest BCUT2D eigenvalue weighted by Gasteiger charge is 2.00. The van der Waals surface area contributed by atoms with Crippen LogP contribution in [0.15, 0.2) is 30.6 Å². The number of nitrogens with zero attached hydrogens (tertiary/aromatic N) is 2. The first kappa shape index (κ1) is 12.0. The molecule has 90 valence electrons. The molecule has 17 heavy (non-hydrogen) atoms. The number of ether oxygens (including phenoxy) is 1. The molecule has 2 rings (SSSR count). The van der Waals surface area contributed by atoms with Crippen LogP contribution in [0.4, 0.5) is 0 Å². The fraction of sp³-hybridized carbons (Fsp3) is 0.308. The number of aromatic nitrogens is 2. The van der Waals surface area contributed by atoms with E-state index in [1.165, 1.54) is 0 Å². The van der Waals surface area contributed by atoms with E-state index in [4.69, 9.17) is 16.3 Å². The minimum atomic E-state index is 0.623. The van der Waals surface area contributed by atoms with Crippen LogP contribution in [0.25, 0.3) is 0 Å². The lowest BCUT2D eigenvalue weighted by atomic mass is 10.2. The number of imidazole rings is 1. The number of aryl methyl sites for hydroxylation is 2. The molecule has 0 aliphatic heterocycles. The minimum absolute atomic E-state index is 0.623. The van der Waals surface area contributed by atoms with Crippen molar-refractivity contribution in [2.24, 2.45) is 0 Å². The van der Waals surface area contributed by atoms with Crippen molar-refractivity contribution in [1.82, 2.24) is 9.55 Å². The summed E-state index contributed by atoms with van der Waals surface area (Å²) < 4.78 is 7.72. The van der Waals surface area contributed by atoms with Crippen LogP contribution in [0.3, 0.4) is 0 Å². The molecule has 3 nitrogen and oxygen atoms in total. The minimum Gasteiger partial charge on any atom is -0.492 e. The van der Waals surface area contributed by atoms with Gasteiger partial charge in [-0.2, -0.15) is 0 Å². The Morgan fingerprint density at radius 1 is 1.35 bits per heavy atom. The highest BCUT2D eigenvalue weighted by atomic mass is 35.5. The average Bonchev–Trinajstić information content (AvgIpc) is 2.70. The molecule has 0 bridgehead atoms. The van der Waals surface area contributed by atoms with E-state index in [0.29, 0.717) is 6.61 Å². The Bertz CT molecular complexity index is 508. The van der Waals surface area contributed by atoms with Gasteiger partial charge in [-0.25, -0.2) is 4.98 Å². The Labute approximate surface area is 106 Å². The molecule has 0 saturated carbocycles.